The molecule has 2 aliphatic heterocycles. The van der Waals surface area contributed by atoms with E-state index in [1.165, 1.54) is 4.90 Å². The van der Waals surface area contributed by atoms with E-state index in [0.29, 0.717) is 29.9 Å². The van der Waals surface area contributed by atoms with Gasteiger partial charge in [0.25, 0.3) is 0 Å². The molecule has 0 spiro atoms. The molecule has 6 rings (SSSR count). The Balaban J connectivity index is 1.54. The fraction of sp³-hybridized carbons (Fsp3) is 0.281. The molecule has 7 nitrogen and oxygen atoms in total. The molecule has 39 heavy (non-hydrogen) atoms. The topological polar surface area (TPSA) is 99.8 Å². The van der Waals surface area contributed by atoms with E-state index in [4.69, 9.17) is 4.42 Å². The monoisotopic (exact) mass is 522 g/mol. The van der Waals surface area contributed by atoms with Crippen molar-refractivity contribution >= 4 is 34.4 Å². The number of anilines is 1. The van der Waals surface area contributed by atoms with Crippen LogP contribution in [-0.4, -0.2) is 28.4 Å². The van der Waals surface area contributed by atoms with Crippen molar-refractivity contribution in [1.82, 2.24) is 5.32 Å². The molecular weight excluding hydrogens is 492 g/mol. The van der Waals surface area contributed by atoms with Crippen molar-refractivity contribution in [3.63, 3.8) is 0 Å². The number of hydrogen-bond donors (Lipinski definition) is 2. The summed E-state index contributed by atoms with van der Waals surface area (Å²) in [6.07, 6.45) is 1.31. The van der Waals surface area contributed by atoms with Gasteiger partial charge in [0.2, 0.25) is 11.8 Å². The van der Waals surface area contributed by atoms with Crippen LogP contribution in [0.4, 0.5) is 5.69 Å². The van der Waals surface area contributed by atoms with Crippen LogP contribution in [0.1, 0.15) is 42.3 Å². The number of para-hydroxylation sites is 2. The van der Waals surface area contributed by atoms with Crippen LogP contribution in [0.15, 0.2) is 83.3 Å². The number of nitrogens with zero attached hydrogens (tertiary/aromatic N) is 1. The van der Waals surface area contributed by atoms with Gasteiger partial charge in [-0.1, -0.05) is 80.6 Å². The lowest BCUT2D eigenvalue weighted by molar-refractivity contribution is -0.148. The average Bonchev–Trinajstić information content (AvgIpc) is 3.60. The molecule has 2 aliphatic rings. The van der Waals surface area contributed by atoms with Crippen LogP contribution in [0.3, 0.4) is 0 Å². The minimum atomic E-state index is -1.70. The van der Waals surface area contributed by atoms with Gasteiger partial charge >= 0.3 is 5.97 Å². The summed E-state index contributed by atoms with van der Waals surface area (Å²) in [5.74, 6) is -3.64. The zero-order chi connectivity index (χ0) is 27.3. The van der Waals surface area contributed by atoms with Gasteiger partial charge in [0, 0.05) is 11.8 Å². The van der Waals surface area contributed by atoms with Crippen molar-refractivity contribution in [2.75, 3.05) is 4.90 Å². The Morgan fingerprint density at radius 1 is 0.923 bits per heavy atom. The number of aliphatic carboxylic acids is 1. The number of benzene rings is 3. The molecule has 2 fully saturated rings. The summed E-state index contributed by atoms with van der Waals surface area (Å²) < 4.78 is 6.16. The molecule has 7 heteroatoms. The summed E-state index contributed by atoms with van der Waals surface area (Å²) in [5, 5.41) is 14.9. The zero-order valence-corrected chi connectivity index (χ0v) is 21.9. The minimum Gasteiger partial charge on any atom is -0.480 e. The molecule has 3 aromatic carbocycles. The van der Waals surface area contributed by atoms with Gasteiger partial charge in [0.1, 0.15) is 16.9 Å². The minimum absolute atomic E-state index is 0.0456. The van der Waals surface area contributed by atoms with Crippen molar-refractivity contribution in [3.8, 4) is 0 Å². The number of carboxylic acids is 1. The Hall–Kier alpha value is -4.23. The summed E-state index contributed by atoms with van der Waals surface area (Å²) in [7, 11) is 0. The van der Waals surface area contributed by atoms with E-state index in [2.05, 4.69) is 5.32 Å². The van der Waals surface area contributed by atoms with Crippen LogP contribution in [0.2, 0.25) is 0 Å². The summed E-state index contributed by atoms with van der Waals surface area (Å²) >= 11 is 0. The molecule has 2 saturated heterocycles. The molecule has 4 aromatic rings. The number of rotatable bonds is 7. The third-order valence-electron chi connectivity index (χ3n) is 8.30. The predicted octanol–water partition coefficient (Wildman–Crippen LogP) is 5.07. The van der Waals surface area contributed by atoms with Gasteiger partial charge in [-0.3, -0.25) is 19.7 Å². The first-order valence-corrected chi connectivity index (χ1v) is 13.4. The number of carboxylic acid groups (broad SMARTS) is 1. The van der Waals surface area contributed by atoms with Crippen LogP contribution in [0.25, 0.3) is 11.0 Å². The molecule has 2 amide bonds. The average molecular weight is 523 g/mol. The molecule has 3 heterocycles. The van der Waals surface area contributed by atoms with E-state index < -0.39 is 41.2 Å². The van der Waals surface area contributed by atoms with Crippen LogP contribution in [-0.2, 0) is 33.6 Å². The molecule has 2 N–H and O–H groups in total. The first kappa shape index (κ1) is 25.1. The zero-order valence-electron chi connectivity index (χ0n) is 21.9. The summed E-state index contributed by atoms with van der Waals surface area (Å²) in [4.78, 5) is 43.1. The van der Waals surface area contributed by atoms with Crippen molar-refractivity contribution in [2.24, 2.45) is 11.8 Å². The molecule has 1 aromatic heterocycles. The molecule has 4 unspecified atom stereocenters. The van der Waals surface area contributed by atoms with Gasteiger partial charge in [-0.25, -0.2) is 4.90 Å². The van der Waals surface area contributed by atoms with Gasteiger partial charge in [-0.05, 0) is 41.7 Å². The summed E-state index contributed by atoms with van der Waals surface area (Å²) in [6.45, 7) is 3.97. The maximum absolute atomic E-state index is 14.4. The van der Waals surface area contributed by atoms with E-state index in [1.807, 2.05) is 92.7 Å². The van der Waals surface area contributed by atoms with Crippen LogP contribution < -0.4 is 10.2 Å². The van der Waals surface area contributed by atoms with Crippen LogP contribution in [0.5, 0.6) is 0 Å². The number of imide groups is 1. The van der Waals surface area contributed by atoms with Crippen molar-refractivity contribution in [1.29, 1.82) is 0 Å². The Morgan fingerprint density at radius 3 is 2.23 bits per heavy atom. The maximum Gasteiger partial charge on any atom is 0.325 e. The fourth-order valence-corrected chi connectivity index (χ4v) is 6.48. The fourth-order valence-electron chi connectivity index (χ4n) is 6.48. The smallest absolute Gasteiger partial charge is 0.325 e. The molecule has 0 saturated carbocycles. The second-order valence-corrected chi connectivity index (χ2v) is 10.4. The van der Waals surface area contributed by atoms with E-state index in [9.17, 15) is 19.5 Å². The second-order valence-electron chi connectivity index (χ2n) is 10.4. The molecule has 0 aliphatic carbocycles. The Bertz CT molecular complexity index is 1540. The normalized spacial score (nSPS) is 24.5. The Morgan fingerprint density at radius 2 is 1.59 bits per heavy atom. The van der Waals surface area contributed by atoms with Gasteiger partial charge < -0.3 is 9.52 Å². The highest BCUT2D eigenvalue weighted by molar-refractivity contribution is 6.25. The van der Waals surface area contributed by atoms with Gasteiger partial charge in [0.05, 0.1) is 23.6 Å². The lowest BCUT2D eigenvalue weighted by Crippen LogP contribution is -2.57. The van der Waals surface area contributed by atoms with E-state index >= 15 is 0 Å². The second kappa shape index (κ2) is 9.50. The number of hydrogen-bond acceptors (Lipinski definition) is 5. The third kappa shape index (κ3) is 3.80. The summed E-state index contributed by atoms with van der Waals surface area (Å²) in [6, 6.07) is 23.5. The van der Waals surface area contributed by atoms with Gasteiger partial charge in [-0.2, -0.15) is 0 Å². The number of nitrogens with one attached hydrogen (secondary N) is 1. The number of aryl methyl sites for hydroxylation is 2. The lowest BCUT2D eigenvalue weighted by Gasteiger charge is -2.31. The predicted molar refractivity (Wildman–Crippen MR) is 147 cm³/mol. The molecule has 0 radical (unpaired) electrons. The van der Waals surface area contributed by atoms with E-state index in [1.54, 1.807) is 0 Å². The third-order valence-corrected chi connectivity index (χ3v) is 8.30. The molecule has 198 valence electrons. The SMILES string of the molecule is CCc1cccc(CC)c1N1C(=O)C2C(c3cc4ccccc4o3)NC(Cc3ccccc3)(C(=O)O)C2C1=O. The number of carbonyl (C=O) groups excluding carboxylic acids is 2. The lowest BCUT2D eigenvalue weighted by atomic mass is 9.76. The molecular formula is C32H30N2O5. The highest BCUT2D eigenvalue weighted by Crippen LogP contribution is 2.52. The van der Waals surface area contributed by atoms with Crippen molar-refractivity contribution < 1.29 is 23.9 Å². The van der Waals surface area contributed by atoms with E-state index in [0.717, 1.165) is 22.1 Å². The highest BCUT2D eigenvalue weighted by Gasteiger charge is 2.69. The highest BCUT2D eigenvalue weighted by atomic mass is 16.4. The van der Waals surface area contributed by atoms with Gasteiger partial charge in [-0.15, -0.1) is 0 Å². The summed E-state index contributed by atoms with van der Waals surface area (Å²) in [5.41, 5.74) is 2.05. The number of fused-ring (bicyclic) bond motifs is 2. The quantitative estimate of drug-likeness (QED) is 0.329. The Labute approximate surface area is 226 Å². The number of carbonyl (C=O) groups is 3. The Kier molecular flexibility index (Phi) is 6.11. The molecule has 4 atom stereocenters. The van der Waals surface area contributed by atoms with Crippen LogP contribution in [0, 0.1) is 11.8 Å². The maximum atomic E-state index is 14.4. The van der Waals surface area contributed by atoms with Gasteiger partial charge in [0.15, 0.2) is 0 Å². The van der Waals surface area contributed by atoms with Crippen molar-refractivity contribution in [2.45, 2.75) is 44.7 Å². The van der Waals surface area contributed by atoms with Crippen molar-refractivity contribution in [3.05, 3.63) is 101 Å². The van der Waals surface area contributed by atoms with E-state index in [-0.39, 0.29) is 6.42 Å². The first-order chi connectivity index (χ1) is 18.9. The standard InChI is InChI=1S/C32H30N2O5/c1-3-20-14-10-15-21(4-2)28(20)34-29(35)25-26(30(34)36)32(31(37)38,18-19-11-6-5-7-12-19)33-27(25)24-17-22-13-8-9-16-23(22)39-24/h5-17,25-27,33H,3-4,18H2,1-2H3,(H,37,38). The molecule has 0 bridgehead atoms. The van der Waals surface area contributed by atoms with Crippen LogP contribution >= 0.6 is 0 Å². The number of furan rings is 1. The largest absolute Gasteiger partial charge is 0.480 e. The first-order valence-electron chi connectivity index (χ1n) is 13.4. The number of amides is 2.